The number of hydrogen-bond acceptors (Lipinski definition) is 6. The number of nitrogens with zero attached hydrogens (tertiary/aromatic N) is 3. The van der Waals surface area contributed by atoms with E-state index in [4.69, 9.17) is 17.0 Å². The third kappa shape index (κ3) is 3.96. The van der Waals surface area contributed by atoms with Crippen LogP contribution in [0, 0.1) is 13.8 Å². The van der Waals surface area contributed by atoms with Gasteiger partial charge in [-0.15, -0.1) is 0 Å². The molecule has 2 aromatic heterocycles. The normalized spacial score (nSPS) is 16.2. The Bertz CT molecular complexity index is 1330. The minimum Gasteiger partial charge on any atom is -0.438 e. The first kappa shape index (κ1) is 22.2. The maximum Gasteiger partial charge on any atom is 0.269 e. The molecule has 0 spiro atoms. The third-order valence-electron chi connectivity index (χ3n) is 5.63. The lowest BCUT2D eigenvalue weighted by atomic mass is 10.1. The van der Waals surface area contributed by atoms with E-state index in [-0.39, 0.29) is 29.0 Å². The van der Waals surface area contributed by atoms with Crippen LogP contribution >= 0.6 is 24.0 Å². The molecule has 1 aliphatic rings. The van der Waals surface area contributed by atoms with Gasteiger partial charge in [0.2, 0.25) is 5.88 Å². The minimum atomic E-state index is -0.315. The minimum absolute atomic E-state index is 0.0186. The summed E-state index contributed by atoms with van der Waals surface area (Å²) in [5.41, 5.74) is 2.37. The molecule has 3 aromatic rings. The van der Waals surface area contributed by atoms with E-state index in [2.05, 4.69) is 4.98 Å². The molecular weight excluding hydrogens is 442 g/mol. The predicted octanol–water partition coefficient (Wildman–Crippen LogP) is 5.10. The van der Waals surface area contributed by atoms with Crippen LogP contribution < -0.4 is 10.3 Å². The van der Waals surface area contributed by atoms with Gasteiger partial charge in [-0.3, -0.25) is 18.9 Å². The fourth-order valence-corrected chi connectivity index (χ4v) is 4.84. The molecule has 6 nitrogen and oxygen atoms in total. The number of fused-ring (bicyclic) bond motifs is 1. The molecule has 164 valence electrons. The second-order valence-electron chi connectivity index (χ2n) is 7.67. The number of ether oxygens (including phenoxy) is 1. The van der Waals surface area contributed by atoms with Crippen molar-refractivity contribution in [2.45, 2.75) is 40.2 Å². The average Bonchev–Trinajstić information content (AvgIpc) is 3.06. The maximum absolute atomic E-state index is 13.4. The van der Waals surface area contributed by atoms with Crippen molar-refractivity contribution in [2.75, 3.05) is 0 Å². The summed E-state index contributed by atoms with van der Waals surface area (Å²) in [7, 11) is 0. The molecule has 0 N–H and O–H groups in total. The van der Waals surface area contributed by atoms with Crippen LogP contribution in [0.1, 0.15) is 37.0 Å². The van der Waals surface area contributed by atoms with Crippen molar-refractivity contribution < 1.29 is 9.53 Å². The number of aromatic nitrogens is 2. The topological polar surface area (TPSA) is 63.9 Å². The largest absolute Gasteiger partial charge is 0.438 e. The number of thiocarbonyl (C=S) groups is 1. The second-order valence-corrected chi connectivity index (χ2v) is 9.35. The number of amides is 1. The van der Waals surface area contributed by atoms with Crippen LogP contribution in [0.4, 0.5) is 0 Å². The van der Waals surface area contributed by atoms with E-state index >= 15 is 0 Å². The van der Waals surface area contributed by atoms with Crippen LogP contribution in [0.5, 0.6) is 11.6 Å². The van der Waals surface area contributed by atoms with Crippen LogP contribution in [0.2, 0.25) is 0 Å². The van der Waals surface area contributed by atoms with E-state index in [0.29, 0.717) is 20.6 Å². The van der Waals surface area contributed by atoms with Crippen molar-refractivity contribution in [1.82, 2.24) is 14.3 Å². The molecule has 32 heavy (non-hydrogen) atoms. The molecule has 0 aliphatic carbocycles. The van der Waals surface area contributed by atoms with Gasteiger partial charge in [0.15, 0.2) is 0 Å². The van der Waals surface area contributed by atoms with Crippen LogP contribution in [0.25, 0.3) is 11.7 Å². The van der Waals surface area contributed by atoms with Crippen LogP contribution in [-0.4, -0.2) is 30.6 Å². The van der Waals surface area contributed by atoms with E-state index in [1.165, 1.54) is 16.2 Å². The number of pyridine rings is 1. The molecule has 1 amide bonds. The van der Waals surface area contributed by atoms with Gasteiger partial charge in [0.1, 0.15) is 21.3 Å². The van der Waals surface area contributed by atoms with Crippen molar-refractivity contribution in [2.24, 2.45) is 0 Å². The number of carbonyl (C=O) groups is 1. The van der Waals surface area contributed by atoms with E-state index in [9.17, 15) is 9.59 Å². The summed E-state index contributed by atoms with van der Waals surface area (Å²) in [6.07, 6.45) is 3.98. The number of hydrogen-bond donors (Lipinski definition) is 0. The Hall–Kier alpha value is -2.97. The lowest BCUT2D eigenvalue weighted by Gasteiger charge is -2.21. The zero-order chi connectivity index (χ0) is 23.0. The third-order valence-corrected chi connectivity index (χ3v) is 6.96. The van der Waals surface area contributed by atoms with Gasteiger partial charge in [0, 0.05) is 12.2 Å². The Morgan fingerprint density at radius 1 is 1.19 bits per heavy atom. The van der Waals surface area contributed by atoms with E-state index in [1.54, 1.807) is 35.4 Å². The molecule has 8 heteroatoms. The molecular formula is C24H23N3O3S2. The Labute approximate surface area is 195 Å². The average molecular weight is 466 g/mol. The van der Waals surface area contributed by atoms with E-state index < -0.39 is 0 Å². The quantitative estimate of drug-likeness (QED) is 0.386. The zero-order valence-corrected chi connectivity index (χ0v) is 19.9. The molecule has 0 saturated carbocycles. The lowest BCUT2D eigenvalue weighted by molar-refractivity contribution is -0.123. The fourth-order valence-electron chi connectivity index (χ4n) is 3.40. The number of thioether (sulfide) groups is 1. The van der Waals surface area contributed by atoms with Crippen LogP contribution in [0.15, 0.2) is 52.3 Å². The lowest BCUT2D eigenvalue weighted by Crippen LogP contribution is -2.36. The van der Waals surface area contributed by atoms with Gasteiger partial charge in [0.05, 0.1) is 4.91 Å². The highest BCUT2D eigenvalue weighted by atomic mass is 32.2. The molecule has 1 aliphatic heterocycles. The summed E-state index contributed by atoms with van der Waals surface area (Å²) < 4.78 is 8.07. The molecule has 1 aromatic carbocycles. The maximum atomic E-state index is 13.4. The molecule has 1 atom stereocenters. The Balaban J connectivity index is 1.87. The molecule has 0 bridgehead atoms. The number of rotatable bonds is 5. The summed E-state index contributed by atoms with van der Waals surface area (Å²) in [5, 5.41) is 0. The highest BCUT2D eigenvalue weighted by Crippen LogP contribution is 2.36. The molecule has 0 radical (unpaired) electrons. The SMILES string of the molecule is CCC(C)N1C(=O)/C(=C\c2c(Oc3cccc(C)c3C)nc3ccccn3c2=O)SC1=S. The van der Waals surface area contributed by atoms with Crippen molar-refractivity contribution in [3.05, 3.63) is 74.5 Å². The number of carbonyl (C=O) groups excluding carboxylic acids is 1. The standard InChI is InChI=1S/C24H23N3O3S2/c1-5-15(3)27-23(29)19(32-24(27)31)13-17-21(30-18-10-8-9-14(2)16(18)4)25-20-11-6-7-12-26(20)22(17)28/h6-13,15H,5H2,1-4H3/b19-13+. The van der Waals surface area contributed by atoms with Crippen molar-refractivity contribution in [3.63, 3.8) is 0 Å². The van der Waals surface area contributed by atoms with Gasteiger partial charge < -0.3 is 4.74 Å². The zero-order valence-electron chi connectivity index (χ0n) is 18.3. The molecule has 3 heterocycles. The first-order valence-corrected chi connectivity index (χ1v) is 11.6. The first-order valence-electron chi connectivity index (χ1n) is 10.3. The summed E-state index contributed by atoms with van der Waals surface area (Å²) in [6.45, 7) is 7.90. The van der Waals surface area contributed by atoms with Crippen LogP contribution in [0.3, 0.4) is 0 Å². The Morgan fingerprint density at radius 2 is 1.97 bits per heavy atom. The van der Waals surface area contributed by atoms with Crippen molar-refractivity contribution >= 4 is 45.9 Å². The highest BCUT2D eigenvalue weighted by Gasteiger charge is 2.35. The summed E-state index contributed by atoms with van der Waals surface area (Å²) >= 11 is 6.62. The Kier molecular flexibility index (Phi) is 6.17. The van der Waals surface area contributed by atoms with Gasteiger partial charge in [-0.05, 0) is 62.6 Å². The fraction of sp³-hybridized carbons (Fsp3) is 0.250. The van der Waals surface area contributed by atoms with Gasteiger partial charge in [-0.2, -0.15) is 4.98 Å². The van der Waals surface area contributed by atoms with Crippen molar-refractivity contribution in [3.8, 4) is 11.6 Å². The molecule has 1 unspecified atom stereocenters. The van der Waals surface area contributed by atoms with E-state index in [1.807, 2.05) is 45.9 Å². The molecule has 1 fully saturated rings. The van der Waals surface area contributed by atoms with Gasteiger partial charge in [-0.1, -0.05) is 49.1 Å². The first-order chi connectivity index (χ1) is 15.3. The van der Waals surface area contributed by atoms with Gasteiger partial charge in [0.25, 0.3) is 11.5 Å². The van der Waals surface area contributed by atoms with Crippen LogP contribution in [-0.2, 0) is 4.79 Å². The second kappa shape index (κ2) is 8.88. The monoisotopic (exact) mass is 465 g/mol. The number of benzene rings is 1. The number of aryl methyl sites for hydroxylation is 1. The summed E-state index contributed by atoms with van der Waals surface area (Å²) in [6, 6.07) is 11.0. The smallest absolute Gasteiger partial charge is 0.269 e. The summed E-state index contributed by atoms with van der Waals surface area (Å²) in [5.74, 6) is 0.562. The summed E-state index contributed by atoms with van der Waals surface area (Å²) in [4.78, 5) is 33.0. The predicted molar refractivity (Wildman–Crippen MR) is 132 cm³/mol. The van der Waals surface area contributed by atoms with Crippen molar-refractivity contribution in [1.29, 1.82) is 0 Å². The molecule has 4 rings (SSSR count). The van der Waals surface area contributed by atoms with E-state index in [0.717, 1.165) is 17.5 Å². The Morgan fingerprint density at radius 3 is 2.72 bits per heavy atom. The van der Waals surface area contributed by atoms with Gasteiger partial charge >= 0.3 is 0 Å². The molecule has 1 saturated heterocycles. The van der Waals surface area contributed by atoms with Gasteiger partial charge in [-0.25, -0.2) is 0 Å². The highest BCUT2D eigenvalue weighted by molar-refractivity contribution is 8.26.